The van der Waals surface area contributed by atoms with Crippen molar-refractivity contribution in [1.29, 1.82) is 0 Å². The molecule has 0 aliphatic carbocycles. The van der Waals surface area contributed by atoms with Crippen LogP contribution in [0.5, 0.6) is 0 Å². The van der Waals surface area contributed by atoms with Crippen LogP contribution >= 0.6 is 0 Å². The number of alkyl halides is 3. The Hall–Kier alpha value is -5.07. The van der Waals surface area contributed by atoms with Gasteiger partial charge < -0.3 is 9.67 Å². The molecular weight excluding hydrogens is 503 g/mol. The number of carbonyl (C=O) groups excluding carboxylic acids is 1. The number of hydrogen-bond acceptors (Lipinski definition) is 6. The fourth-order valence-electron chi connectivity index (χ4n) is 4.20. The Kier molecular flexibility index (Phi) is 6.11. The second-order valence-corrected chi connectivity index (χ2v) is 8.29. The van der Waals surface area contributed by atoms with Crippen LogP contribution in [0.25, 0.3) is 28.3 Å². The molecule has 3 heterocycles. The third-order valence-electron chi connectivity index (χ3n) is 5.93. The van der Waals surface area contributed by atoms with Gasteiger partial charge in [0.05, 0.1) is 5.69 Å². The molecule has 2 aromatic carbocycles. The molecule has 10 nitrogen and oxygen atoms in total. The molecule has 3 aromatic heterocycles. The number of rotatable bonds is 7. The third-order valence-corrected chi connectivity index (χ3v) is 5.93. The number of H-pyrrole nitrogens is 1. The number of carboxylic acids is 1. The molecule has 13 heteroatoms. The van der Waals surface area contributed by atoms with Gasteiger partial charge in [-0.1, -0.05) is 48.5 Å². The molecule has 0 atom stereocenters. The Morgan fingerprint density at radius 3 is 2.34 bits per heavy atom. The molecule has 0 amide bonds. The second kappa shape index (κ2) is 9.42. The van der Waals surface area contributed by atoms with Crippen LogP contribution in [0.15, 0.2) is 66.9 Å². The van der Waals surface area contributed by atoms with Crippen molar-refractivity contribution in [2.75, 3.05) is 0 Å². The van der Waals surface area contributed by atoms with Gasteiger partial charge in [0.15, 0.2) is 11.5 Å². The van der Waals surface area contributed by atoms with E-state index in [9.17, 15) is 27.9 Å². The molecule has 0 unspecified atom stereocenters. The Bertz CT molecular complexity index is 1640. The van der Waals surface area contributed by atoms with Crippen LogP contribution in [0.4, 0.5) is 13.2 Å². The van der Waals surface area contributed by atoms with Crippen molar-refractivity contribution in [3.8, 4) is 28.3 Å². The van der Waals surface area contributed by atoms with Gasteiger partial charge in [0, 0.05) is 18.3 Å². The predicted molar refractivity (Wildman–Crippen MR) is 128 cm³/mol. The maximum absolute atomic E-state index is 13.1. The van der Waals surface area contributed by atoms with E-state index < -0.39 is 23.6 Å². The standard InChI is InChI=1S/C25H18F3N7O3/c1-14-29-23(34-12-4-7-19(34)21(36)25(26,27)28)20(24(37)38)35(14)13-15-8-10-16(11-9-15)17-5-2-3-6-18(17)22-30-32-33-31-22/h2-12H,13H2,1H3,(H,37,38)(H,30,31,32,33). The van der Waals surface area contributed by atoms with E-state index in [0.29, 0.717) is 5.82 Å². The van der Waals surface area contributed by atoms with Crippen LogP contribution in [0.2, 0.25) is 0 Å². The Morgan fingerprint density at radius 2 is 1.71 bits per heavy atom. The molecule has 192 valence electrons. The van der Waals surface area contributed by atoms with Crippen LogP contribution in [-0.2, 0) is 6.54 Å². The number of hydrogen-bond donors (Lipinski definition) is 2. The molecule has 0 radical (unpaired) electrons. The average Bonchev–Trinajstić information content (AvgIpc) is 3.64. The first-order valence-electron chi connectivity index (χ1n) is 11.2. The molecule has 0 spiro atoms. The number of benzene rings is 2. The van der Waals surface area contributed by atoms with E-state index in [1.54, 1.807) is 19.1 Å². The summed E-state index contributed by atoms with van der Waals surface area (Å²) in [6.07, 6.45) is -3.95. The zero-order valence-electron chi connectivity index (χ0n) is 19.6. The van der Waals surface area contributed by atoms with E-state index in [2.05, 4.69) is 25.6 Å². The summed E-state index contributed by atoms with van der Waals surface area (Å²) in [5.41, 5.74) is 2.14. The molecule has 0 fully saturated rings. The minimum Gasteiger partial charge on any atom is -0.476 e. The summed E-state index contributed by atoms with van der Waals surface area (Å²) in [4.78, 5) is 28.3. The number of halogens is 3. The number of tetrazole rings is 1. The van der Waals surface area contributed by atoms with E-state index in [1.807, 2.05) is 36.4 Å². The van der Waals surface area contributed by atoms with E-state index in [0.717, 1.165) is 32.9 Å². The summed E-state index contributed by atoms with van der Waals surface area (Å²) >= 11 is 0. The summed E-state index contributed by atoms with van der Waals surface area (Å²) in [7, 11) is 0. The summed E-state index contributed by atoms with van der Waals surface area (Å²) in [5.74, 6) is -3.08. The van der Waals surface area contributed by atoms with Crippen LogP contribution in [0.1, 0.15) is 32.4 Å². The van der Waals surface area contributed by atoms with Gasteiger partial charge in [0.25, 0.3) is 5.78 Å². The first kappa shape index (κ1) is 24.6. The number of aromatic nitrogens is 7. The van der Waals surface area contributed by atoms with Crippen molar-refractivity contribution in [3.05, 3.63) is 89.6 Å². The minimum atomic E-state index is -5.12. The number of nitrogens with one attached hydrogen (secondary N) is 1. The number of Topliss-reactive ketones (excluding diaryl/α,β-unsaturated/α-hetero) is 1. The number of aromatic amines is 1. The lowest BCUT2D eigenvalue weighted by Crippen LogP contribution is -2.25. The van der Waals surface area contributed by atoms with Crippen LogP contribution < -0.4 is 0 Å². The zero-order chi connectivity index (χ0) is 27.0. The summed E-state index contributed by atoms with van der Waals surface area (Å²) in [5, 5.41) is 24.0. The quantitative estimate of drug-likeness (QED) is 0.305. The van der Waals surface area contributed by atoms with Crippen molar-refractivity contribution in [2.24, 2.45) is 0 Å². The highest BCUT2D eigenvalue weighted by molar-refractivity contribution is 6.00. The van der Waals surface area contributed by atoms with Crippen molar-refractivity contribution in [3.63, 3.8) is 0 Å². The van der Waals surface area contributed by atoms with Crippen LogP contribution in [-0.4, -0.2) is 57.8 Å². The highest BCUT2D eigenvalue weighted by Gasteiger charge is 2.41. The predicted octanol–water partition coefficient (Wildman–Crippen LogP) is 4.32. The Morgan fingerprint density at radius 1 is 1.00 bits per heavy atom. The molecular formula is C25H18F3N7O3. The number of carbonyl (C=O) groups is 2. The maximum atomic E-state index is 13.1. The van der Waals surface area contributed by atoms with E-state index in [1.165, 1.54) is 16.8 Å². The Labute approximate surface area is 212 Å². The molecule has 0 aliphatic heterocycles. The molecule has 5 rings (SSSR count). The molecule has 5 aromatic rings. The topological polar surface area (TPSA) is 132 Å². The number of aromatic carboxylic acids is 1. The van der Waals surface area contributed by atoms with Crippen LogP contribution in [0.3, 0.4) is 0 Å². The molecule has 38 heavy (non-hydrogen) atoms. The third kappa shape index (κ3) is 4.45. The van der Waals surface area contributed by atoms with Crippen molar-refractivity contribution in [2.45, 2.75) is 19.6 Å². The molecule has 0 saturated heterocycles. The van der Waals surface area contributed by atoms with E-state index in [-0.39, 0.29) is 23.9 Å². The monoisotopic (exact) mass is 521 g/mol. The maximum Gasteiger partial charge on any atom is 0.456 e. The van der Waals surface area contributed by atoms with Crippen molar-refractivity contribution >= 4 is 11.8 Å². The number of carboxylic acid groups (broad SMARTS) is 1. The summed E-state index contributed by atoms with van der Waals surface area (Å²) in [6, 6.07) is 17.0. The molecule has 0 aliphatic rings. The highest BCUT2D eigenvalue weighted by atomic mass is 19.4. The molecule has 0 bridgehead atoms. The van der Waals surface area contributed by atoms with Crippen molar-refractivity contribution in [1.82, 2.24) is 34.7 Å². The van der Waals surface area contributed by atoms with Gasteiger partial charge in [0.2, 0.25) is 5.82 Å². The largest absolute Gasteiger partial charge is 0.476 e. The van der Waals surface area contributed by atoms with Gasteiger partial charge in [-0.05, 0) is 41.0 Å². The fraction of sp³-hybridized carbons (Fsp3) is 0.120. The lowest BCUT2D eigenvalue weighted by atomic mass is 9.98. The lowest BCUT2D eigenvalue weighted by molar-refractivity contribution is -0.0889. The minimum absolute atomic E-state index is 0.0804. The zero-order valence-corrected chi connectivity index (χ0v) is 19.6. The van der Waals surface area contributed by atoms with Gasteiger partial charge in [0.1, 0.15) is 5.82 Å². The molecule has 0 saturated carbocycles. The fourth-order valence-corrected chi connectivity index (χ4v) is 4.20. The smallest absolute Gasteiger partial charge is 0.456 e. The average molecular weight is 521 g/mol. The Balaban J connectivity index is 1.49. The summed E-state index contributed by atoms with van der Waals surface area (Å²) in [6.45, 7) is 1.62. The lowest BCUT2D eigenvalue weighted by Gasteiger charge is -2.12. The first-order valence-corrected chi connectivity index (χ1v) is 11.2. The second-order valence-electron chi connectivity index (χ2n) is 8.29. The van der Waals surface area contributed by atoms with Gasteiger partial charge in [-0.25, -0.2) is 9.78 Å². The van der Waals surface area contributed by atoms with Gasteiger partial charge >= 0.3 is 12.1 Å². The number of nitrogens with zero attached hydrogens (tertiary/aromatic N) is 6. The SMILES string of the molecule is Cc1nc(-n2cccc2C(=O)C(F)(F)F)c(C(=O)O)n1Cc1ccc(-c2ccccc2-c2nn[nH]n2)cc1. The van der Waals surface area contributed by atoms with Crippen molar-refractivity contribution < 1.29 is 27.9 Å². The highest BCUT2D eigenvalue weighted by Crippen LogP contribution is 2.30. The van der Waals surface area contributed by atoms with E-state index in [4.69, 9.17) is 0 Å². The number of aryl methyl sites for hydroxylation is 1. The summed E-state index contributed by atoms with van der Waals surface area (Å²) < 4.78 is 41.5. The van der Waals surface area contributed by atoms with Gasteiger partial charge in [-0.2, -0.15) is 18.4 Å². The number of imidazole rings is 1. The first-order chi connectivity index (χ1) is 18.1. The molecule has 2 N–H and O–H groups in total. The van der Waals surface area contributed by atoms with Crippen LogP contribution in [0, 0.1) is 6.92 Å². The normalized spacial score (nSPS) is 11.6. The van der Waals surface area contributed by atoms with Gasteiger partial charge in [-0.15, -0.1) is 10.2 Å². The van der Waals surface area contributed by atoms with E-state index >= 15 is 0 Å². The van der Waals surface area contributed by atoms with Gasteiger partial charge in [-0.3, -0.25) is 9.36 Å². The number of ketones is 1.